The second kappa shape index (κ2) is 7.45. The Balaban J connectivity index is 1.56. The summed E-state index contributed by atoms with van der Waals surface area (Å²) in [6.07, 6.45) is 2.08. The van der Waals surface area contributed by atoms with Gasteiger partial charge in [0, 0.05) is 7.05 Å². The van der Waals surface area contributed by atoms with Gasteiger partial charge in [0.15, 0.2) is 5.65 Å². The van der Waals surface area contributed by atoms with Gasteiger partial charge in [0.2, 0.25) is 0 Å². The van der Waals surface area contributed by atoms with Crippen LogP contribution in [0.2, 0.25) is 0 Å². The lowest BCUT2D eigenvalue weighted by Gasteiger charge is -2.13. The lowest BCUT2D eigenvalue weighted by molar-refractivity contribution is 0.0198. The second-order valence-electron chi connectivity index (χ2n) is 5.72. The van der Waals surface area contributed by atoms with Crippen molar-refractivity contribution in [3.8, 4) is 5.75 Å². The molecule has 0 saturated carbocycles. The minimum Gasteiger partial charge on any atom is -0.497 e. The molecule has 2 heterocycles. The number of hydrogen-bond acceptors (Lipinski definition) is 6. The van der Waals surface area contributed by atoms with Crippen LogP contribution in [0.4, 0.5) is 0 Å². The Bertz CT molecular complexity index is 901. The number of ether oxygens (including phenoxy) is 2. The minimum absolute atomic E-state index is 0.110. The van der Waals surface area contributed by atoms with Gasteiger partial charge in [0.05, 0.1) is 39.2 Å². The average Bonchev–Trinajstić information content (AvgIpc) is 3.00. The highest BCUT2D eigenvalue weighted by atomic mass is 16.5. The predicted octanol–water partition coefficient (Wildman–Crippen LogP) is 0.716. The Kier molecular flexibility index (Phi) is 5.11. The molecular formula is C17H20N4O4. The monoisotopic (exact) mass is 344 g/mol. The molecule has 0 spiro atoms. The summed E-state index contributed by atoms with van der Waals surface area (Å²) in [5.41, 5.74) is 1.27. The number of fused-ring (bicyclic) bond motifs is 1. The quantitative estimate of drug-likeness (QED) is 0.679. The molecule has 0 saturated heterocycles. The molecule has 8 nitrogen and oxygen atoms in total. The summed E-state index contributed by atoms with van der Waals surface area (Å²) < 4.78 is 13.5. The van der Waals surface area contributed by atoms with Gasteiger partial charge in [0.25, 0.3) is 5.56 Å². The van der Waals surface area contributed by atoms with E-state index in [0.717, 1.165) is 11.3 Å². The summed E-state index contributed by atoms with van der Waals surface area (Å²) >= 11 is 0. The van der Waals surface area contributed by atoms with Crippen LogP contribution in [-0.4, -0.2) is 44.3 Å². The van der Waals surface area contributed by atoms with E-state index in [1.165, 1.54) is 21.8 Å². The molecule has 0 bridgehead atoms. The summed E-state index contributed by atoms with van der Waals surface area (Å²) in [5, 5.41) is 14.6. The minimum atomic E-state index is -0.813. The number of aromatic nitrogens is 4. The van der Waals surface area contributed by atoms with Gasteiger partial charge in [-0.2, -0.15) is 5.10 Å². The van der Waals surface area contributed by atoms with Crippen molar-refractivity contribution in [2.24, 2.45) is 7.05 Å². The molecule has 0 aliphatic rings. The predicted molar refractivity (Wildman–Crippen MR) is 91.4 cm³/mol. The van der Waals surface area contributed by atoms with E-state index in [1.807, 2.05) is 24.3 Å². The number of methoxy groups -OCH3 is 1. The Hall–Kier alpha value is -2.71. The van der Waals surface area contributed by atoms with Crippen molar-refractivity contribution in [3.63, 3.8) is 0 Å². The summed E-state index contributed by atoms with van der Waals surface area (Å²) in [5.74, 6) is 0.779. The van der Waals surface area contributed by atoms with E-state index in [0.29, 0.717) is 17.6 Å². The SMILES string of the molecule is COc1ccc(COCC(O)Cn2cnc3c(cnn3C)c2=O)cc1. The van der Waals surface area contributed by atoms with Crippen LogP contribution in [0.5, 0.6) is 5.75 Å². The highest BCUT2D eigenvalue weighted by Crippen LogP contribution is 2.12. The Morgan fingerprint density at radius 2 is 2.04 bits per heavy atom. The van der Waals surface area contributed by atoms with Gasteiger partial charge in [-0.3, -0.25) is 14.0 Å². The van der Waals surface area contributed by atoms with Crippen molar-refractivity contribution in [2.75, 3.05) is 13.7 Å². The molecule has 0 aliphatic heterocycles. The lowest BCUT2D eigenvalue weighted by atomic mass is 10.2. The van der Waals surface area contributed by atoms with Gasteiger partial charge in [-0.15, -0.1) is 0 Å². The third kappa shape index (κ3) is 3.86. The second-order valence-corrected chi connectivity index (χ2v) is 5.72. The molecule has 25 heavy (non-hydrogen) atoms. The molecule has 2 aromatic heterocycles. The maximum absolute atomic E-state index is 12.3. The van der Waals surface area contributed by atoms with Gasteiger partial charge in [0.1, 0.15) is 17.5 Å². The van der Waals surface area contributed by atoms with Gasteiger partial charge in [-0.1, -0.05) is 12.1 Å². The van der Waals surface area contributed by atoms with Crippen LogP contribution in [-0.2, 0) is 24.9 Å². The van der Waals surface area contributed by atoms with E-state index in [9.17, 15) is 9.90 Å². The fourth-order valence-corrected chi connectivity index (χ4v) is 2.51. The zero-order valence-electron chi connectivity index (χ0n) is 14.1. The molecule has 1 atom stereocenters. The van der Waals surface area contributed by atoms with Gasteiger partial charge < -0.3 is 14.6 Å². The van der Waals surface area contributed by atoms with E-state index in [-0.39, 0.29) is 18.7 Å². The van der Waals surface area contributed by atoms with Crippen LogP contribution in [0.15, 0.2) is 41.6 Å². The van der Waals surface area contributed by atoms with Crippen molar-refractivity contribution in [3.05, 3.63) is 52.7 Å². The molecule has 3 rings (SSSR count). The maximum Gasteiger partial charge on any atom is 0.264 e. The van der Waals surface area contributed by atoms with Crippen molar-refractivity contribution in [2.45, 2.75) is 19.3 Å². The van der Waals surface area contributed by atoms with Crippen LogP contribution in [0.25, 0.3) is 11.0 Å². The van der Waals surface area contributed by atoms with Crippen molar-refractivity contribution in [1.82, 2.24) is 19.3 Å². The van der Waals surface area contributed by atoms with Crippen molar-refractivity contribution < 1.29 is 14.6 Å². The third-order valence-corrected chi connectivity index (χ3v) is 3.86. The first-order valence-corrected chi connectivity index (χ1v) is 7.84. The molecule has 0 aliphatic carbocycles. The smallest absolute Gasteiger partial charge is 0.264 e. The van der Waals surface area contributed by atoms with E-state index in [2.05, 4.69) is 10.1 Å². The summed E-state index contributed by atoms with van der Waals surface area (Å²) in [4.78, 5) is 16.5. The van der Waals surface area contributed by atoms with Crippen LogP contribution in [0, 0.1) is 0 Å². The first kappa shape index (κ1) is 17.1. The summed E-state index contributed by atoms with van der Waals surface area (Å²) in [7, 11) is 3.34. The van der Waals surface area contributed by atoms with E-state index in [1.54, 1.807) is 14.2 Å². The van der Waals surface area contributed by atoms with E-state index in [4.69, 9.17) is 9.47 Å². The molecule has 3 aromatic rings. The van der Waals surface area contributed by atoms with E-state index < -0.39 is 6.10 Å². The number of rotatable bonds is 7. The molecule has 0 radical (unpaired) electrons. The topological polar surface area (TPSA) is 91.4 Å². The number of aryl methyl sites for hydroxylation is 1. The molecular weight excluding hydrogens is 324 g/mol. The Labute approximate surface area is 144 Å². The molecule has 1 aromatic carbocycles. The molecule has 8 heteroatoms. The fraction of sp³-hybridized carbons (Fsp3) is 0.353. The average molecular weight is 344 g/mol. The van der Waals surface area contributed by atoms with Crippen LogP contribution < -0.4 is 10.3 Å². The number of hydrogen-bond donors (Lipinski definition) is 1. The Morgan fingerprint density at radius 1 is 1.28 bits per heavy atom. The van der Waals surface area contributed by atoms with E-state index >= 15 is 0 Å². The molecule has 1 N–H and O–H groups in total. The zero-order valence-corrected chi connectivity index (χ0v) is 14.1. The lowest BCUT2D eigenvalue weighted by Crippen LogP contribution is -2.29. The van der Waals surface area contributed by atoms with Crippen molar-refractivity contribution in [1.29, 1.82) is 0 Å². The van der Waals surface area contributed by atoms with Gasteiger partial charge in [-0.25, -0.2) is 4.98 Å². The standard InChI is InChI=1S/C17H20N4O4/c1-20-16-15(7-19-20)17(23)21(11-18-16)8-13(22)10-25-9-12-3-5-14(24-2)6-4-12/h3-7,11,13,22H,8-10H2,1-2H3. The van der Waals surface area contributed by atoms with Gasteiger partial charge in [-0.05, 0) is 17.7 Å². The highest BCUT2D eigenvalue weighted by molar-refractivity contribution is 5.72. The fourth-order valence-electron chi connectivity index (χ4n) is 2.51. The summed E-state index contributed by atoms with van der Waals surface area (Å²) in [6.45, 7) is 0.596. The number of nitrogens with zero attached hydrogens (tertiary/aromatic N) is 4. The highest BCUT2D eigenvalue weighted by Gasteiger charge is 2.11. The first-order valence-electron chi connectivity index (χ1n) is 7.84. The molecule has 132 valence electrons. The largest absolute Gasteiger partial charge is 0.497 e. The number of aliphatic hydroxyl groups excluding tert-OH is 1. The van der Waals surface area contributed by atoms with Crippen LogP contribution in [0.1, 0.15) is 5.56 Å². The van der Waals surface area contributed by atoms with Crippen molar-refractivity contribution >= 4 is 11.0 Å². The molecule has 0 fully saturated rings. The maximum atomic E-state index is 12.3. The normalized spacial score (nSPS) is 12.4. The number of benzene rings is 1. The molecule has 0 amide bonds. The van der Waals surface area contributed by atoms with Crippen LogP contribution in [0.3, 0.4) is 0 Å². The Morgan fingerprint density at radius 3 is 2.76 bits per heavy atom. The third-order valence-electron chi connectivity index (χ3n) is 3.86. The molecule has 1 unspecified atom stereocenters. The van der Waals surface area contributed by atoms with Gasteiger partial charge >= 0.3 is 0 Å². The number of aliphatic hydroxyl groups is 1. The first-order chi connectivity index (χ1) is 12.1. The summed E-state index contributed by atoms with van der Waals surface area (Å²) in [6, 6.07) is 7.50. The van der Waals surface area contributed by atoms with Crippen LogP contribution >= 0.6 is 0 Å². The zero-order chi connectivity index (χ0) is 17.8.